The van der Waals surface area contributed by atoms with Crippen LogP contribution in [0.5, 0.6) is 0 Å². The van der Waals surface area contributed by atoms with Crippen molar-refractivity contribution in [2.75, 3.05) is 7.05 Å². The average molecular weight is 488 g/mol. The van der Waals surface area contributed by atoms with Gasteiger partial charge in [0.1, 0.15) is 5.82 Å². The predicted molar refractivity (Wildman–Crippen MR) is 122 cm³/mol. The second-order valence-electron chi connectivity index (χ2n) is 6.32. The van der Waals surface area contributed by atoms with Crippen molar-refractivity contribution in [3.05, 3.63) is 83.2 Å². The lowest BCUT2D eigenvalue weighted by atomic mass is 10.0. The van der Waals surface area contributed by atoms with E-state index in [1.165, 1.54) is 16.8 Å². The van der Waals surface area contributed by atoms with Gasteiger partial charge in [0.15, 0.2) is 5.96 Å². The third-order valence-corrected chi connectivity index (χ3v) is 4.48. The fourth-order valence-corrected chi connectivity index (χ4v) is 2.90. The van der Waals surface area contributed by atoms with Crippen molar-refractivity contribution in [1.29, 1.82) is 5.26 Å². The number of benzene rings is 3. The first-order valence-electron chi connectivity index (χ1n) is 8.75. The van der Waals surface area contributed by atoms with E-state index in [1.807, 2.05) is 18.2 Å². The van der Waals surface area contributed by atoms with E-state index in [1.54, 1.807) is 19.2 Å². The van der Waals surface area contributed by atoms with E-state index in [0.717, 1.165) is 5.56 Å². The molecule has 0 aliphatic heterocycles. The number of nitrogens with one attached hydrogen (secondary N) is 2. The Kier molecular flexibility index (Phi) is 7.76. The van der Waals surface area contributed by atoms with Gasteiger partial charge in [-0.25, -0.2) is 4.39 Å². The average Bonchev–Trinajstić information content (AvgIpc) is 2.71. The SMILES string of the molecule is CN=C(NCc1ccc(C#N)cc1F)NC(C)c1ccc2ccccc2c1.I. The van der Waals surface area contributed by atoms with Crippen LogP contribution in [0.15, 0.2) is 65.7 Å². The van der Waals surface area contributed by atoms with Crippen LogP contribution >= 0.6 is 24.0 Å². The molecule has 3 rings (SSSR count). The molecule has 0 spiro atoms. The number of rotatable bonds is 4. The molecule has 1 atom stereocenters. The Balaban J connectivity index is 0.00000280. The number of hydrogen-bond acceptors (Lipinski definition) is 2. The Morgan fingerprint density at radius 1 is 1.11 bits per heavy atom. The van der Waals surface area contributed by atoms with Crippen LogP contribution in [0, 0.1) is 17.1 Å². The second kappa shape index (κ2) is 10.0. The number of nitriles is 1. The number of hydrogen-bond donors (Lipinski definition) is 2. The van der Waals surface area contributed by atoms with Crippen molar-refractivity contribution in [2.45, 2.75) is 19.5 Å². The van der Waals surface area contributed by atoms with Crippen molar-refractivity contribution in [1.82, 2.24) is 10.6 Å². The van der Waals surface area contributed by atoms with E-state index in [4.69, 9.17) is 5.26 Å². The molecule has 0 aliphatic carbocycles. The smallest absolute Gasteiger partial charge is 0.191 e. The number of aliphatic imine (C=N–C) groups is 1. The van der Waals surface area contributed by atoms with Crippen LogP contribution in [0.4, 0.5) is 4.39 Å². The molecule has 0 bridgehead atoms. The van der Waals surface area contributed by atoms with Crippen LogP contribution in [0.25, 0.3) is 10.8 Å². The van der Waals surface area contributed by atoms with Gasteiger partial charge in [-0.2, -0.15) is 5.26 Å². The molecule has 4 nitrogen and oxygen atoms in total. The first-order valence-corrected chi connectivity index (χ1v) is 8.75. The van der Waals surface area contributed by atoms with Crippen LogP contribution in [0.1, 0.15) is 29.7 Å². The van der Waals surface area contributed by atoms with Crippen molar-refractivity contribution in [2.24, 2.45) is 4.99 Å². The summed E-state index contributed by atoms with van der Waals surface area (Å²) >= 11 is 0. The normalized spacial score (nSPS) is 12.0. The highest BCUT2D eigenvalue weighted by molar-refractivity contribution is 14.0. The molecule has 2 N–H and O–H groups in total. The van der Waals surface area contributed by atoms with Crippen LogP contribution in [0.2, 0.25) is 0 Å². The Labute approximate surface area is 181 Å². The van der Waals surface area contributed by atoms with E-state index in [0.29, 0.717) is 17.1 Å². The quantitative estimate of drug-likeness (QED) is 0.312. The summed E-state index contributed by atoms with van der Waals surface area (Å²) in [5, 5.41) is 17.7. The summed E-state index contributed by atoms with van der Waals surface area (Å²) in [6, 6.07) is 21.0. The predicted octanol–water partition coefficient (Wildman–Crippen LogP) is 4.89. The Morgan fingerprint density at radius 3 is 2.54 bits per heavy atom. The van der Waals surface area contributed by atoms with Crippen molar-refractivity contribution in [3.8, 4) is 6.07 Å². The third-order valence-electron chi connectivity index (χ3n) is 4.48. The minimum atomic E-state index is -0.403. The van der Waals surface area contributed by atoms with Gasteiger partial charge < -0.3 is 10.6 Å². The molecule has 144 valence electrons. The summed E-state index contributed by atoms with van der Waals surface area (Å²) in [5.74, 6) is 0.180. The maximum absolute atomic E-state index is 14.0. The largest absolute Gasteiger partial charge is 0.352 e. The molecule has 1 unspecified atom stereocenters. The van der Waals surface area contributed by atoms with Gasteiger partial charge in [0.2, 0.25) is 0 Å². The highest BCUT2D eigenvalue weighted by Crippen LogP contribution is 2.20. The van der Waals surface area contributed by atoms with E-state index in [9.17, 15) is 4.39 Å². The molecule has 0 aromatic heterocycles. The molecule has 0 amide bonds. The number of halogens is 2. The summed E-state index contributed by atoms with van der Waals surface area (Å²) in [7, 11) is 1.68. The van der Waals surface area contributed by atoms with E-state index in [-0.39, 0.29) is 36.6 Å². The second-order valence-corrected chi connectivity index (χ2v) is 6.32. The molecule has 0 aliphatic rings. The highest BCUT2D eigenvalue weighted by atomic mass is 127. The van der Waals surface area contributed by atoms with Crippen molar-refractivity contribution in [3.63, 3.8) is 0 Å². The molecule has 6 heteroatoms. The summed E-state index contributed by atoms with van der Waals surface area (Å²) in [6.45, 7) is 2.33. The molecular weight excluding hydrogens is 466 g/mol. The van der Waals surface area contributed by atoms with Gasteiger partial charge in [0.05, 0.1) is 17.7 Å². The van der Waals surface area contributed by atoms with Gasteiger partial charge in [-0.1, -0.05) is 42.5 Å². The molecule has 0 radical (unpaired) electrons. The Hall–Kier alpha value is -2.66. The summed E-state index contributed by atoms with van der Waals surface area (Å²) in [5.41, 5.74) is 1.93. The minimum absolute atomic E-state index is 0. The van der Waals surface area contributed by atoms with Gasteiger partial charge in [-0.15, -0.1) is 24.0 Å². The van der Waals surface area contributed by atoms with Crippen LogP contribution < -0.4 is 10.6 Å². The van der Waals surface area contributed by atoms with Crippen molar-refractivity contribution < 1.29 is 4.39 Å². The van der Waals surface area contributed by atoms with Gasteiger partial charge >= 0.3 is 0 Å². The van der Waals surface area contributed by atoms with Crippen LogP contribution in [0.3, 0.4) is 0 Å². The van der Waals surface area contributed by atoms with Gasteiger partial charge in [0.25, 0.3) is 0 Å². The molecule has 0 saturated heterocycles. The summed E-state index contributed by atoms with van der Waals surface area (Å²) < 4.78 is 14.0. The maximum atomic E-state index is 14.0. The third kappa shape index (κ3) is 5.20. The first kappa shape index (κ1) is 21.6. The highest BCUT2D eigenvalue weighted by Gasteiger charge is 2.10. The van der Waals surface area contributed by atoms with Crippen molar-refractivity contribution >= 4 is 40.7 Å². The topological polar surface area (TPSA) is 60.2 Å². The summed E-state index contributed by atoms with van der Waals surface area (Å²) in [4.78, 5) is 4.21. The zero-order valence-corrected chi connectivity index (χ0v) is 18.1. The number of fused-ring (bicyclic) bond motifs is 1. The maximum Gasteiger partial charge on any atom is 0.191 e. The lowest BCUT2D eigenvalue weighted by Crippen LogP contribution is -2.38. The van der Waals surface area contributed by atoms with E-state index < -0.39 is 5.82 Å². The number of nitrogens with zero attached hydrogens (tertiary/aromatic N) is 2. The van der Waals surface area contributed by atoms with Gasteiger partial charge in [-0.05, 0) is 41.5 Å². The van der Waals surface area contributed by atoms with Crippen LogP contribution in [-0.4, -0.2) is 13.0 Å². The zero-order chi connectivity index (χ0) is 19.2. The van der Waals surface area contributed by atoms with Gasteiger partial charge in [0, 0.05) is 19.2 Å². The zero-order valence-electron chi connectivity index (χ0n) is 15.7. The summed E-state index contributed by atoms with van der Waals surface area (Å²) in [6.07, 6.45) is 0. The van der Waals surface area contributed by atoms with E-state index in [2.05, 4.69) is 52.9 Å². The lowest BCUT2D eigenvalue weighted by Gasteiger charge is -2.19. The molecule has 28 heavy (non-hydrogen) atoms. The molecule has 0 fully saturated rings. The molecule has 3 aromatic rings. The van der Waals surface area contributed by atoms with E-state index >= 15 is 0 Å². The number of guanidine groups is 1. The fraction of sp³-hybridized carbons (Fsp3) is 0.182. The monoisotopic (exact) mass is 488 g/mol. The Morgan fingerprint density at radius 2 is 1.86 bits per heavy atom. The molecule has 3 aromatic carbocycles. The molecule has 0 heterocycles. The van der Waals surface area contributed by atoms with Crippen LogP contribution in [-0.2, 0) is 6.54 Å². The standard InChI is InChI=1S/C22H21FN4.HI/c1-15(18-10-9-17-5-3-4-6-19(17)12-18)27-22(25-2)26-14-20-8-7-16(13-24)11-21(20)23;/h3-12,15H,14H2,1-2H3,(H2,25,26,27);1H. The minimum Gasteiger partial charge on any atom is -0.352 e. The first-order chi connectivity index (χ1) is 13.1. The fourth-order valence-electron chi connectivity index (χ4n) is 2.90. The Bertz CT molecular complexity index is 1030. The lowest BCUT2D eigenvalue weighted by molar-refractivity contribution is 0.602. The van der Waals surface area contributed by atoms with Gasteiger partial charge in [-0.3, -0.25) is 4.99 Å². The molecule has 0 saturated carbocycles. The molecular formula is C22H22FIN4.